The normalized spacial score (nSPS) is 30.4. The van der Waals surface area contributed by atoms with Crippen LogP contribution in [-0.4, -0.2) is 34.6 Å². The quantitative estimate of drug-likeness (QED) is 0.866. The van der Waals surface area contributed by atoms with Gasteiger partial charge in [-0.25, -0.2) is 0 Å². The van der Waals surface area contributed by atoms with Crippen molar-refractivity contribution in [1.29, 1.82) is 0 Å². The van der Waals surface area contributed by atoms with Crippen molar-refractivity contribution < 1.29 is 0 Å². The van der Waals surface area contributed by atoms with Crippen LogP contribution in [0.4, 0.5) is 0 Å². The van der Waals surface area contributed by atoms with Gasteiger partial charge < -0.3 is 5.32 Å². The Balaban J connectivity index is 2.11. The van der Waals surface area contributed by atoms with Crippen LogP contribution in [0.25, 0.3) is 0 Å². The number of hydrogen-bond acceptors (Lipinski definition) is 3. The highest BCUT2D eigenvalue weighted by molar-refractivity contribution is 5.05. The van der Waals surface area contributed by atoms with E-state index < -0.39 is 0 Å². The molecule has 0 amide bonds. The Labute approximate surface area is 104 Å². The van der Waals surface area contributed by atoms with Crippen molar-refractivity contribution in [3.05, 3.63) is 30.1 Å². The number of hydrogen-bond donors (Lipinski definition) is 1. The predicted octanol–water partition coefficient (Wildman–Crippen LogP) is 2.04. The summed E-state index contributed by atoms with van der Waals surface area (Å²) < 4.78 is 0. The number of aromatic nitrogens is 1. The molecule has 17 heavy (non-hydrogen) atoms. The van der Waals surface area contributed by atoms with Crippen molar-refractivity contribution >= 4 is 0 Å². The molecule has 1 saturated heterocycles. The molecular weight excluding hydrogens is 210 g/mol. The Kier molecular flexibility index (Phi) is 3.79. The van der Waals surface area contributed by atoms with E-state index in [0.717, 1.165) is 19.6 Å². The molecule has 1 aromatic heterocycles. The maximum absolute atomic E-state index is 4.44. The van der Waals surface area contributed by atoms with Crippen LogP contribution in [0, 0.1) is 0 Å². The molecule has 1 fully saturated rings. The molecule has 94 valence electrons. The molecule has 0 radical (unpaired) electrons. The topological polar surface area (TPSA) is 28.2 Å². The largest absolute Gasteiger partial charge is 0.311 e. The van der Waals surface area contributed by atoms with Gasteiger partial charge in [-0.3, -0.25) is 9.88 Å². The fourth-order valence-corrected chi connectivity index (χ4v) is 2.41. The summed E-state index contributed by atoms with van der Waals surface area (Å²) in [4.78, 5) is 7.00. The van der Waals surface area contributed by atoms with Crippen molar-refractivity contribution in [3.8, 4) is 0 Å². The Hall–Kier alpha value is -0.930. The molecule has 2 heterocycles. The lowest BCUT2D eigenvalue weighted by Gasteiger charge is -2.47. The Bertz CT molecular complexity index is 352. The van der Waals surface area contributed by atoms with E-state index in [1.54, 1.807) is 0 Å². The van der Waals surface area contributed by atoms with Crippen LogP contribution in [0.5, 0.6) is 0 Å². The molecule has 1 N–H and O–H groups in total. The fraction of sp³-hybridized carbons (Fsp3) is 0.643. The van der Waals surface area contributed by atoms with Gasteiger partial charge >= 0.3 is 0 Å². The molecule has 0 spiro atoms. The first kappa shape index (κ1) is 12.5. The summed E-state index contributed by atoms with van der Waals surface area (Å²) in [5.74, 6) is 0. The second kappa shape index (κ2) is 5.15. The van der Waals surface area contributed by atoms with Crippen molar-refractivity contribution in [3.63, 3.8) is 0 Å². The maximum atomic E-state index is 4.44. The first-order chi connectivity index (χ1) is 8.14. The minimum absolute atomic E-state index is 0.254. The molecule has 0 aliphatic carbocycles. The third-order valence-corrected chi connectivity index (χ3v) is 3.93. The fourth-order valence-electron chi connectivity index (χ4n) is 2.41. The van der Waals surface area contributed by atoms with E-state index in [-0.39, 0.29) is 5.54 Å². The van der Waals surface area contributed by atoms with Crippen LogP contribution in [0.3, 0.4) is 0 Å². The Morgan fingerprint density at radius 2 is 2.35 bits per heavy atom. The number of nitrogens with one attached hydrogen (secondary N) is 1. The monoisotopic (exact) mass is 233 g/mol. The maximum Gasteiger partial charge on any atom is 0.0544 e. The number of piperazine rings is 1. The molecule has 3 heteroatoms. The molecule has 3 nitrogen and oxygen atoms in total. The van der Waals surface area contributed by atoms with Crippen LogP contribution >= 0.6 is 0 Å². The second-order valence-electron chi connectivity index (χ2n) is 5.33. The van der Waals surface area contributed by atoms with E-state index in [9.17, 15) is 0 Å². The van der Waals surface area contributed by atoms with Crippen molar-refractivity contribution in [2.24, 2.45) is 0 Å². The van der Waals surface area contributed by atoms with E-state index in [1.165, 1.54) is 12.1 Å². The van der Waals surface area contributed by atoms with Crippen LogP contribution in [-0.2, 0) is 6.54 Å². The molecular formula is C14H23N3. The Morgan fingerprint density at radius 1 is 1.53 bits per heavy atom. The molecule has 1 aliphatic rings. The number of pyridine rings is 1. The predicted molar refractivity (Wildman–Crippen MR) is 70.8 cm³/mol. The highest BCUT2D eigenvalue weighted by atomic mass is 15.3. The third-order valence-electron chi connectivity index (χ3n) is 3.93. The van der Waals surface area contributed by atoms with Gasteiger partial charge in [0.15, 0.2) is 0 Å². The van der Waals surface area contributed by atoms with E-state index in [0.29, 0.717) is 6.04 Å². The van der Waals surface area contributed by atoms with Crippen LogP contribution in [0.15, 0.2) is 24.4 Å². The van der Waals surface area contributed by atoms with Gasteiger partial charge in [0.2, 0.25) is 0 Å². The van der Waals surface area contributed by atoms with Gasteiger partial charge in [0, 0.05) is 37.4 Å². The lowest BCUT2D eigenvalue weighted by molar-refractivity contribution is 0.0442. The summed E-state index contributed by atoms with van der Waals surface area (Å²) in [7, 11) is 0. The van der Waals surface area contributed by atoms with Gasteiger partial charge in [-0.2, -0.15) is 0 Å². The first-order valence-electron chi connectivity index (χ1n) is 6.52. The smallest absolute Gasteiger partial charge is 0.0544 e. The van der Waals surface area contributed by atoms with Gasteiger partial charge in [0.05, 0.1) is 5.69 Å². The molecule has 2 atom stereocenters. The number of rotatable bonds is 3. The Morgan fingerprint density at radius 3 is 3.00 bits per heavy atom. The summed E-state index contributed by atoms with van der Waals surface area (Å²) in [5, 5.41) is 3.58. The standard InChI is InChI=1S/C14H23N3/c1-4-14(3)11-16-12(2)9-17(14)10-13-7-5-6-8-15-13/h5-8,12,16H,4,9-11H2,1-3H3. The summed E-state index contributed by atoms with van der Waals surface area (Å²) in [6, 6.07) is 6.72. The van der Waals surface area contributed by atoms with Gasteiger partial charge in [0.25, 0.3) is 0 Å². The highest BCUT2D eigenvalue weighted by Gasteiger charge is 2.34. The third kappa shape index (κ3) is 2.85. The zero-order valence-electron chi connectivity index (χ0n) is 11.1. The molecule has 1 aromatic rings. The van der Waals surface area contributed by atoms with Crippen molar-refractivity contribution in [2.45, 2.75) is 45.3 Å². The SMILES string of the molecule is CCC1(C)CNC(C)CN1Cc1ccccn1. The molecule has 0 bridgehead atoms. The zero-order chi connectivity index (χ0) is 12.3. The van der Waals surface area contributed by atoms with Gasteiger partial charge in [-0.15, -0.1) is 0 Å². The molecule has 2 unspecified atom stereocenters. The van der Waals surface area contributed by atoms with Crippen LogP contribution < -0.4 is 5.32 Å². The lowest BCUT2D eigenvalue weighted by Crippen LogP contribution is -2.61. The molecule has 0 saturated carbocycles. The second-order valence-corrected chi connectivity index (χ2v) is 5.33. The molecule has 2 rings (SSSR count). The summed E-state index contributed by atoms with van der Waals surface area (Å²) in [6.45, 7) is 9.98. The lowest BCUT2D eigenvalue weighted by atomic mass is 9.92. The van der Waals surface area contributed by atoms with Gasteiger partial charge in [-0.05, 0) is 32.4 Å². The van der Waals surface area contributed by atoms with Gasteiger partial charge in [-0.1, -0.05) is 13.0 Å². The van der Waals surface area contributed by atoms with Gasteiger partial charge in [0.1, 0.15) is 0 Å². The molecule has 0 aromatic carbocycles. The average molecular weight is 233 g/mol. The van der Waals surface area contributed by atoms with Crippen LogP contribution in [0.1, 0.15) is 32.9 Å². The minimum Gasteiger partial charge on any atom is -0.311 e. The van der Waals surface area contributed by atoms with E-state index >= 15 is 0 Å². The first-order valence-corrected chi connectivity index (χ1v) is 6.52. The van der Waals surface area contributed by atoms with Crippen molar-refractivity contribution in [2.75, 3.05) is 13.1 Å². The summed E-state index contributed by atoms with van der Waals surface area (Å²) in [6.07, 6.45) is 3.05. The van der Waals surface area contributed by atoms with E-state index in [4.69, 9.17) is 0 Å². The number of nitrogens with zero attached hydrogens (tertiary/aromatic N) is 2. The van der Waals surface area contributed by atoms with E-state index in [1.807, 2.05) is 12.3 Å². The van der Waals surface area contributed by atoms with Crippen molar-refractivity contribution in [1.82, 2.24) is 15.2 Å². The highest BCUT2D eigenvalue weighted by Crippen LogP contribution is 2.24. The average Bonchev–Trinajstić information content (AvgIpc) is 2.35. The van der Waals surface area contributed by atoms with Crippen LogP contribution in [0.2, 0.25) is 0 Å². The zero-order valence-corrected chi connectivity index (χ0v) is 11.1. The molecule has 1 aliphatic heterocycles. The minimum atomic E-state index is 0.254. The van der Waals surface area contributed by atoms with E-state index in [2.05, 4.69) is 48.1 Å². The summed E-state index contributed by atoms with van der Waals surface area (Å²) >= 11 is 0. The summed E-state index contributed by atoms with van der Waals surface area (Å²) in [5.41, 5.74) is 1.42.